The normalized spacial score (nSPS) is 12.3. The summed E-state index contributed by atoms with van der Waals surface area (Å²) < 4.78 is 2.06. The summed E-state index contributed by atoms with van der Waals surface area (Å²) in [5.41, 5.74) is 4.84. The number of nitrogens with one attached hydrogen (secondary N) is 1. The van der Waals surface area contributed by atoms with Crippen LogP contribution in [0.1, 0.15) is 37.9 Å². The summed E-state index contributed by atoms with van der Waals surface area (Å²) in [6.07, 6.45) is 3.94. The Hall–Kier alpha value is -2.33. The molecule has 1 unspecified atom stereocenters. The molecular weight excluding hydrogens is 346 g/mol. The first-order chi connectivity index (χ1) is 12.5. The summed E-state index contributed by atoms with van der Waals surface area (Å²) in [5, 5.41) is 3.77. The molecule has 0 bridgehead atoms. The Morgan fingerprint density at radius 2 is 1.96 bits per heavy atom. The molecule has 1 amide bonds. The Morgan fingerprint density at radius 3 is 2.65 bits per heavy atom. The van der Waals surface area contributed by atoms with E-state index in [2.05, 4.69) is 22.8 Å². The van der Waals surface area contributed by atoms with E-state index < -0.39 is 0 Å². The maximum atomic E-state index is 12.4. The van der Waals surface area contributed by atoms with Crippen molar-refractivity contribution >= 4 is 23.2 Å². The van der Waals surface area contributed by atoms with E-state index in [1.54, 1.807) is 0 Å². The molecule has 0 spiro atoms. The molecule has 0 fully saturated rings. The van der Waals surface area contributed by atoms with Crippen molar-refractivity contribution in [1.29, 1.82) is 0 Å². The smallest absolute Gasteiger partial charge is 0.223 e. The van der Waals surface area contributed by atoms with E-state index in [1.165, 1.54) is 0 Å². The average molecular weight is 370 g/mol. The molecule has 0 aliphatic carbocycles. The van der Waals surface area contributed by atoms with Crippen molar-refractivity contribution in [2.75, 3.05) is 0 Å². The van der Waals surface area contributed by atoms with Gasteiger partial charge in [-0.2, -0.15) is 0 Å². The molecule has 0 aliphatic rings. The van der Waals surface area contributed by atoms with Crippen LogP contribution in [0, 0.1) is 12.8 Å². The minimum atomic E-state index is 0.0138. The SMILES string of the molecule is CCCC(C)C(=O)NCc1c(-c2ccc(Cl)cc2)nc2ccc(C)cn12. The number of hydrogen-bond donors (Lipinski definition) is 1. The van der Waals surface area contributed by atoms with Crippen molar-refractivity contribution in [3.8, 4) is 11.3 Å². The van der Waals surface area contributed by atoms with Gasteiger partial charge < -0.3 is 9.72 Å². The number of aromatic nitrogens is 2. The Bertz CT molecular complexity index is 915. The van der Waals surface area contributed by atoms with Gasteiger partial charge in [0.05, 0.1) is 17.9 Å². The molecule has 4 nitrogen and oxygen atoms in total. The number of carbonyl (C=O) groups is 1. The second-order valence-electron chi connectivity index (χ2n) is 6.76. The molecule has 0 saturated heterocycles. The highest BCUT2D eigenvalue weighted by Crippen LogP contribution is 2.26. The van der Waals surface area contributed by atoms with Crippen LogP contribution in [0.25, 0.3) is 16.9 Å². The fraction of sp³-hybridized carbons (Fsp3) is 0.333. The lowest BCUT2D eigenvalue weighted by atomic mass is 10.1. The number of nitrogens with zero attached hydrogens (tertiary/aromatic N) is 2. The zero-order valence-corrected chi connectivity index (χ0v) is 16.2. The number of halogens is 1. The van der Waals surface area contributed by atoms with Gasteiger partial charge in [-0.25, -0.2) is 4.98 Å². The lowest BCUT2D eigenvalue weighted by molar-refractivity contribution is -0.124. The first kappa shape index (κ1) is 18.5. The lowest BCUT2D eigenvalue weighted by Gasteiger charge is -2.12. The number of imidazole rings is 1. The summed E-state index contributed by atoms with van der Waals surface area (Å²) in [5.74, 6) is 0.0939. The van der Waals surface area contributed by atoms with Crippen LogP contribution in [-0.2, 0) is 11.3 Å². The highest BCUT2D eigenvalue weighted by Gasteiger charge is 2.17. The number of benzene rings is 1. The average Bonchev–Trinajstić information content (AvgIpc) is 2.98. The quantitative estimate of drug-likeness (QED) is 0.663. The lowest BCUT2D eigenvalue weighted by Crippen LogP contribution is -2.29. The molecule has 0 aliphatic heterocycles. The highest BCUT2D eigenvalue weighted by molar-refractivity contribution is 6.30. The Morgan fingerprint density at radius 1 is 1.23 bits per heavy atom. The number of pyridine rings is 1. The third-order valence-electron chi connectivity index (χ3n) is 4.58. The summed E-state index contributed by atoms with van der Waals surface area (Å²) >= 11 is 6.02. The van der Waals surface area contributed by atoms with Gasteiger partial charge in [-0.05, 0) is 37.1 Å². The first-order valence-electron chi connectivity index (χ1n) is 9.00. The Labute approximate surface area is 159 Å². The molecule has 26 heavy (non-hydrogen) atoms. The van der Waals surface area contributed by atoms with Crippen molar-refractivity contribution in [1.82, 2.24) is 14.7 Å². The molecule has 0 saturated carbocycles. The van der Waals surface area contributed by atoms with Crippen LogP contribution in [0.3, 0.4) is 0 Å². The standard InChI is InChI=1S/C21H24ClN3O/c1-4-5-15(3)21(26)23-12-18-20(16-7-9-17(22)10-8-16)24-19-11-6-14(2)13-25(18)19/h6-11,13,15H,4-5,12H2,1-3H3,(H,23,26). The van der Waals surface area contributed by atoms with Crippen LogP contribution in [0.2, 0.25) is 5.02 Å². The van der Waals surface area contributed by atoms with Crippen molar-refractivity contribution in [2.45, 2.75) is 40.2 Å². The van der Waals surface area contributed by atoms with Crippen LogP contribution < -0.4 is 5.32 Å². The minimum absolute atomic E-state index is 0.0138. The fourth-order valence-corrected chi connectivity index (χ4v) is 3.24. The topological polar surface area (TPSA) is 46.4 Å². The van der Waals surface area contributed by atoms with Crippen LogP contribution in [-0.4, -0.2) is 15.3 Å². The number of aryl methyl sites for hydroxylation is 1. The third kappa shape index (κ3) is 3.91. The maximum Gasteiger partial charge on any atom is 0.223 e. The van der Waals surface area contributed by atoms with Gasteiger partial charge in [-0.3, -0.25) is 4.79 Å². The number of carbonyl (C=O) groups excluding carboxylic acids is 1. The number of amides is 1. The highest BCUT2D eigenvalue weighted by atomic mass is 35.5. The van der Waals surface area contributed by atoms with Crippen molar-refractivity contribution < 1.29 is 4.79 Å². The van der Waals surface area contributed by atoms with Crippen LogP contribution >= 0.6 is 11.6 Å². The van der Waals surface area contributed by atoms with E-state index in [0.717, 1.165) is 41.0 Å². The Kier molecular flexibility index (Phi) is 5.62. The summed E-state index contributed by atoms with van der Waals surface area (Å²) in [6.45, 7) is 6.55. The van der Waals surface area contributed by atoms with Crippen molar-refractivity contribution in [2.24, 2.45) is 5.92 Å². The van der Waals surface area contributed by atoms with E-state index in [1.807, 2.05) is 50.2 Å². The number of rotatable bonds is 6. The molecular formula is C21H24ClN3O. The van der Waals surface area contributed by atoms with Gasteiger partial charge in [0.25, 0.3) is 0 Å². The van der Waals surface area contributed by atoms with Crippen molar-refractivity contribution in [3.63, 3.8) is 0 Å². The summed E-state index contributed by atoms with van der Waals surface area (Å²) in [6, 6.07) is 11.7. The van der Waals surface area contributed by atoms with Gasteiger partial charge in [-0.15, -0.1) is 0 Å². The number of fused-ring (bicyclic) bond motifs is 1. The van der Waals surface area contributed by atoms with Crippen LogP contribution in [0.15, 0.2) is 42.6 Å². The van der Waals surface area contributed by atoms with E-state index in [4.69, 9.17) is 16.6 Å². The van der Waals surface area contributed by atoms with Crippen LogP contribution in [0.4, 0.5) is 0 Å². The molecule has 3 aromatic rings. The van der Waals surface area contributed by atoms with Gasteiger partial charge >= 0.3 is 0 Å². The first-order valence-corrected chi connectivity index (χ1v) is 9.38. The van der Waals surface area contributed by atoms with E-state index in [0.29, 0.717) is 11.6 Å². The van der Waals surface area contributed by atoms with E-state index >= 15 is 0 Å². The van der Waals surface area contributed by atoms with E-state index in [-0.39, 0.29) is 11.8 Å². The van der Waals surface area contributed by atoms with Crippen LogP contribution in [0.5, 0.6) is 0 Å². The predicted molar refractivity (Wildman–Crippen MR) is 106 cm³/mol. The minimum Gasteiger partial charge on any atom is -0.350 e. The Balaban J connectivity index is 1.98. The summed E-state index contributed by atoms with van der Waals surface area (Å²) in [4.78, 5) is 17.1. The van der Waals surface area contributed by atoms with Gasteiger partial charge in [0.1, 0.15) is 5.65 Å². The zero-order valence-electron chi connectivity index (χ0n) is 15.4. The molecule has 136 valence electrons. The molecule has 2 aromatic heterocycles. The summed E-state index contributed by atoms with van der Waals surface area (Å²) in [7, 11) is 0. The second kappa shape index (κ2) is 7.92. The monoisotopic (exact) mass is 369 g/mol. The maximum absolute atomic E-state index is 12.4. The van der Waals surface area contributed by atoms with Gasteiger partial charge in [0, 0.05) is 22.7 Å². The van der Waals surface area contributed by atoms with E-state index in [9.17, 15) is 4.79 Å². The van der Waals surface area contributed by atoms with Gasteiger partial charge in [0.15, 0.2) is 0 Å². The molecule has 1 aromatic carbocycles. The largest absolute Gasteiger partial charge is 0.350 e. The molecule has 3 rings (SSSR count). The number of hydrogen-bond acceptors (Lipinski definition) is 2. The molecule has 5 heteroatoms. The van der Waals surface area contributed by atoms with Gasteiger partial charge in [-0.1, -0.05) is 50.1 Å². The molecule has 1 atom stereocenters. The molecule has 0 radical (unpaired) electrons. The third-order valence-corrected chi connectivity index (χ3v) is 4.83. The van der Waals surface area contributed by atoms with Gasteiger partial charge in [0.2, 0.25) is 5.91 Å². The predicted octanol–water partition coefficient (Wildman–Crippen LogP) is 5.02. The molecule has 2 heterocycles. The molecule has 1 N–H and O–H groups in total. The fourth-order valence-electron chi connectivity index (χ4n) is 3.12. The second-order valence-corrected chi connectivity index (χ2v) is 7.19. The zero-order chi connectivity index (χ0) is 18.7. The van der Waals surface area contributed by atoms with Crippen molar-refractivity contribution in [3.05, 3.63) is 58.9 Å².